The van der Waals surface area contributed by atoms with Crippen LogP contribution in [0.1, 0.15) is 43.0 Å². The highest BCUT2D eigenvalue weighted by atomic mass is 35.5. The molecule has 1 aromatic rings. The number of pyridine rings is 1. The van der Waals surface area contributed by atoms with Gasteiger partial charge in [0.2, 0.25) is 0 Å². The second kappa shape index (κ2) is 5.75. The van der Waals surface area contributed by atoms with Crippen molar-refractivity contribution in [1.29, 1.82) is 0 Å². The Morgan fingerprint density at radius 2 is 2.30 bits per heavy atom. The van der Waals surface area contributed by atoms with Gasteiger partial charge in [-0.1, -0.05) is 24.9 Å². The number of hydrogen-bond donors (Lipinski definition) is 1. The Balaban J connectivity index is 2.05. The number of halogens is 1. The summed E-state index contributed by atoms with van der Waals surface area (Å²) in [5, 5.41) is 13.5. The molecule has 1 N–H and O–H groups in total. The minimum atomic E-state index is -0.598. The molecule has 108 valence electrons. The van der Waals surface area contributed by atoms with Gasteiger partial charge in [-0.05, 0) is 24.7 Å². The number of aromatic nitrogens is 1. The van der Waals surface area contributed by atoms with Crippen LogP contribution in [0, 0.1) is 15.5 Å². The molecule has 20 heavy (non-hydrogen) atoms. The maximum atomic E-state index is 12.1. The smallest absolute Gasteiger partial charge is 0.288 e. The summed E-state index contributed by atoms with van der Waals surface area (Å²) in [5.74, 6) is -0.409. The second-order valence-corrected chi connectivity index (χ2v) is 5.58. The molecular formula is C13H16ClN3O3. The number of nitro groups is 1. The summed E-state index contributed by atoms with van der Waals surface area (Å²) < 4.78 is 0. The van der Waals surface area contributed by atoms with Crippen LogP contribution in [0.5, 0.6) is 0 Å². The van der Waals surface area contributed by atoms with Gasteiger partial charge in [0.1, 0.15) is 11.3 Å². The van der Waals surface area contributed by atoms with E-state index < -0.39 is 10.8 Å². The lowest BCUT2D eigenvalue weighted by Gasteiger charge is -2.15. The van der Waals surface area contributed by atoms with E-state index in [1.807, 2.05) is 0 Å². The molecule has 0 saturated heterocycles. The molecule has 0 unspecified atom stereocenters. The number of amides is 1. The van der Waals surface area contributed by atoms with E-state index in [1.165, 1.54) is 0 Å². The number of carbonyl (C=O) groups excluding carboxylic acids is 1. The molecule has 1 aliphatic rings. The van der Waals surface area contributed by atoms with E-state index in [1.54, 1.807) is 0 Å². The van der Waals surface area contributed by atoms with Crippen LogP contribution in [-0.4, -0.2) is 22.4 Å². The molecule has 1 heterocycles. The zero-order valence-electron chi connectivity index (χ0n) is 11.2. The molecule has 0 radical (unpaired) electrons. The van der Waals surface area contributed by atoms with E-state index in [0.29, 0.717) is 6.54 Å². The molecule has 0 aliphatic heterocycles. The van der Waals surface area contributed by atoms with E-state index in [4.69, 9.17) is 11.6 Å². The van der Waals surface area contributed by atoms with Gasteiger partial charge in [-0.15, -0.1) is 0 Å². The lowest BCUT2D eigenvalue weighted by molar-refractivity contribution is -0.385. The van der Waals surface area contributed by atoms with Crippen molar-refractivity contribution in [3.05, 3.63) is 33.1 Å². The Kier molecular flexibility index (Phi) is 4.23. The standard InChI is InChI=1S/C13H16ClN3O3/c1-2-3-13(4-5-13)8-16-12(18)10-6-9(17(19)20)7-15-11(10)14/h6-7H,2-5,8H2,1H3,(H,16,18). The number of nitrogens with one attached hydrogen (secondary N) is 1. The van der Waals surface area contributed by atoms with Crippen molar-refractivity contribution in [2.45, 2.75) is 32.6 Å². The molecule has 1 amide bonds. The van der Waals surface area contributed by atoms with Crippen molar-refractivity contribution in [2.75, 3.05) is 6.54 Å². The molecular weight excluding hydrogens is 282 g/mol. The van der Waals surface area contributed by atoms with Crippen molar-refractivity contribution in [3.63, 3.8) is 0 Å². The first-order valence-electron chi connectivity index (χ1n) is 6.55. The quantitative estimate of drug-likeness (QED) is 0.497. The van der Waals surface area contributed by atoms with Gasteiger partial charge >= 0.3 is 0 Å². The summed E-state index contributed by atoms with van der Waals surface area (Å²) >= 11 is 5.83. The molecule has 0 aromatic carbocycles. The average molecular weight is 298 g/mol. The van der Waals surface area contributed by atoms with Gasteiger partial charge in [0, 0.05) is 12.6 Å². The van der Waals surface area contributed by atoms with Crippen molar-refractivity contribution >= 4 is 23.2 Å². The monoisotopic (exact) mass is 297 g/mol. The highest BCUT2D eigenvalue weighted by Gasteiger charge is 2.41. The maximum absolute atomic E-state index is 12.1. The lowest BCUT2D eigenvalue weighted by atomic mass is 10.0. The first-order chi connectivity index (χ1) is 9.47. The summed E-state index contributed by atoms with van der Waals surface area (Å²) in [7, 11) is 0. The fourth-order valence-electron chi connectivity index (χ4n) is 2.28. The largest absolute Gasteiger partial charge is 0.351 e. The molecule has 1 aliphatic carbocycles. The Labute approximate surface area is 121 Å². The van der Waals surface area contributed by atoms with E-state index in [-0.39, 0.29) is 21.8 Å². The van der Waals surface area contributed by atoms with Crippen LogP contribution >= 0.6 is 11.6 Å². The van der Waals surface area contributed by atoms with Gasteiger partial charge < -0.3 is 5.32 Å². The highest BCUT2D eigenvalue weighted by molar-refractivity contribution is 6.32. The SMILES string of the molecule is CCCC1(CNC(=O)c2cc([N+](=O)[O-])cnc2Cl)CC1. The third-order valence-corrected chi connectivity index (χ3v) is 3.94. The van der Waals surface area contributed by atoms with Crippen molar-refractivity contribution in [3.8, 4) is 0 Å². The topological polar surface area (TPSA) is 85.1 Å². The predicted molar refractivity (Wildman–Crippen MR) is 74.8 cm³/mol. The number of hydrogen-bond acceptors (Lipinski definition) is 4. The maximum Gasteiger partial charge on any atom is 0.288 e. The van der Waals surface area contributed by atoms with Crippen LogP contribution in [0.3, 0.4) is 0 Å². The minimum absolute atomic E-state index is 0.0200. The number of carbonyl (C=O) groups is 1. The van der Waals surface area contributed by atoms with Crippen molar-refractivity contribution < 1.29 is 9.72 Å². The number of nitrogens with zero attached hydrogens (tertiary/aromatic N) is 2. The van der Waals surface area contributed by atoms with Crippen LogP contribution in [-0.2, 0) is 0 Å². The number of rotatable bonds is 6. The predicted octanol–water partition coefficient (Wildman–Crippen LogP) is 2.95. The third-order valence-electron chi connectivity index (χ3n) is 3.64. The summed E-state index contributed by atoms with van der Waals surface area (Å²) in [6.07, 6.45) is 5.42. The lowest BCUT2D eigenvalue weighted by Crippen LogP contribution is -2.30. The second-order valence-electron chi connectivity index (χ2n) is 5.22. The third kappa shape index (κ3) is 3.25. The van der Waals surface area contributed by atoms with Gasteiger partial charge in [0.15, 0.2) is 0 Å². The Bertz CT molecular complexity index is 544. The zero-order valence-corrected chi connectivity index (χ0v) is 11.9. The van der Waals surface area contributed by atoms with E-state index in [9.17, 15) is 14.9 Å². The van der Waals surface area contributed by atoms with Gasteiger partial charge in [-0.3, -0.25) is 14.9 Å². The molecule has 0 spiro atoms. The van der Waals surface area contributed by atoms with Crippen LogP contribution < -0.4 is 5.32 Å². The minimum Gasteiger partial charge on any atom is -0.351 e. The average Bonchev–Trinajstić information content (AvgIpc) is 3.17. The van der Waals surface area contributed by atoms with Gasteiger partial charge in [0.25, 0.3) is 11.6 Å². The Hall–Kier alpha value is -1.69. The summed E-state index contributed by atoms with van der Waals surface area (Å²) in [5.41, 5.74) is 0.0211. The first kappa shape index (κ1) is 14.7. The molecule has 6 nitrogen and oxygen atoms in total. The summed E-state index contributed by atoms with van der Waals surface area (Å²) in [6, 6.07) is 1.16. The highest BCUT2D eigenvalue weighted by Crippen LogP contribution is 2.48. The molecule has 0 atom stereocenters. The Morgan fingerprint density at radius 1 is 1.60 bits per heavy atom. The van der Waals surface area contributed by atoms with E-state index >= 15 is 0 Å². The summed E-state index contributed by atoms with van der Waals surface area (Å²) in [6.45, 7) is 2.70. The Morgan fingerprint density at radius 3 is 2.85 bits per heavy atom. The van der Waals surface area contributed by atoms with Crippen LogP contribution in [0.15, 0.2) is 12.3 Å². The van der Waals surface area contributed by atoms with Crippen molar-refractivity contribution in [1.82, 2.24) is 10.3 Å². The first-order valence-corrected chi connectivity index (χ1v) is 6.93. The molecule has 1 fully saturated rings. The summed E-state index contributed by atoms with van der Waals surface area (Å²) in [4.78, 5) is 25.8. The van der Waals surface area contributed by atoms with E-state index in [2.05, 4.69) is 17.2 Å². The molecule has 1 aromatic heterocycles. The molecule has 1 saturated carbocycles. The molecule has 7 heteroatoms. The zero-order chi connectivity index (χ0) is 14.8. The molecule has 0 bridgehead atoms. The van der Waals surface area contributed by atoms with E-state index in [0.717, 1.165) is 37.9 Å². The van der Waals surface area contributed by atoms with Crippen molar-refractivity contribution in [2.24, 2.45) is 5.41 Å². The van der Waals surface area contributed by atoms with Crippen LogP contribution in [0.2, 0.25) is 5.15 Å². The molecule has 2 rings (SSSR count). The fraction of sp³-hybridized carbons (Fsp3) is 0.538. The van der Waals surface area contributed by atoms with Gasteiger partial charge in [-0.25, -0.2) is 4.98 Å². The van der Waals surface area contributed by atoms with Gasteiger partial charge in [0.05, 0.1) is 10.5 Å². The normalized spacial score (nSPS) is 15.7. The van der Waals surface area contributed by atoms with Gasteiger partial charge in [-0.2, -0.15) is 0 Å². The fourth-order valence-corrected chi connectivity index (χ4v) is 2.47. The van der Waals surface area contributed by atoms with Crippen LogP contribution in [0.4, 0.5) is 5.69 Å². The van der Waals surface area contributed by atoms with Crippen LogP contribution in [0.25, 0.3) is 0 Å².